The molecule has 2 heterocycles. The van der Waals surface area contributed by atoms with Crippen LogP contribution in [-0.2, 0) is 18.9 Å². The Bertz CT molecular complexity index is 793. The van der Waals surface area contributed by atoms with Gasteiger partial charge in [-0.3, -0.25) is 14.5 Å². The third-order valence-corrected chi connectivity index (χ3v) is 5.38. The van der Waals surface area contributed by atoms with Crippen molar-refractivity contribution in [3.8, 4) is 0 Å². The predicted molar refractivity (Wildman–Crippen MR) is 120 cm³/mol. The number of amides is 3. The summed E-state index contributed by atoms with van der Waals surface area (Å²) in [5, 5.41) is 0. The third-order valence-electron chi connectivity index (χ3n) is 5.38. The van der Waals surface area contributed by atoms with Crippen LogP contribution < -0.4 is 0 Å². The maximum absolute atomic E-state index is 12.3. The molecule has 3 rings (SSSR count). The van der Waals surface area contributed by atoms with Crippen molar-refractivity contribution in [3.05, 3.63) is 35.4 Å². The van der Waals surface area contributed by atoms with Crippen LogP contribution in [0.5, 0.6) is 0 Å². The average molecular weight is 463 g/mol. The van der Waals surface area contributed by atoms with Crippen LogP contribution in [0.4, 0.5) is 4.79 Å². The van der Waals surface area contributed by atoms with Gasteiger partial charge in [0.2, 0.25) is 0 Å². The molecule has 0 bridgehead atoms. The molecule has 1 saturated heterocycles. The minimum absolute atomic E-state index is 0.114. The van der Waals surface area contributed by atoms with Crippen LogP contribution in [0.25, 0.3) is 0 Å². The summed E-state index contributed by atoms with van der Waals surface area (Å²) in [5.74, 6) is -0.547. The summed E-state index contributed by atoms with van der Waals surface area (Å²) in [4.78, 5) is 39.6. The van der Waals surface area contributed by atoms with Gasteiger partial charge < -0.3 is 23.8 Å². The molecule has 0 spiro atoms. The van der Waals surface area contributed by atoms with Crippen molar-refractivity contribution >= 4 is 17.9 Å². The zero-order valence-corrected chi connectivity index (χ0v) is 19.7. The number of rotatable bonds is 10. The lowest BCUT2D eigenvalue weighted by atomic mass is 10.1. The largest absolute Gasteiger partial charge is 0.444 e. The van der Waals surface area contributed by atoms with Crippen molar-refractivity contribution in [2.75, 3.05) is 52.7 Å². The summed E-state index contributed by atoms with van der Waals surface area (Å²) in [7, 11) is 0. The van der Waals surface area contributed by atoms with Crippen LogP contribution in [0.15, 0.2) is 24.3 Å². The maximum atomic E-state index is 12.3. The molecule has 1 aromatic carbocycles. The number of benzene rings is 1. The number of nitrogens with zero attached hydrogens (tertiary/aromatic N) is 2. The molecule has 0 saturated carbocycles. The van der Waals surface area contributed by atoms with Gasteiger partial charge in [-0.1, -0.05) is 12.1 Å². The van der Waals surface area contributed by atoms with Gasteiger partial charge in [0.15, 0.2) is 0 Å². The zero-order chi connectivity index (χ0) is 23.8. The van der Waals surface area contributed by atoms with E-state index in [-0.39, 0.29) is 37.2 Å². The number of likely N-dealkylation sites (tertiary alicyclic amines) is 1. The second-order valence-corrected chi connectivity index (χ2v) is 9.07. The van der Waals surface area contributed by atoms with Crippen LogP contribution in [0.2, 0.25) is 0 Å². The molecule has 1 aromatic rings. The molecule has 0 aromatic heterocycles. The molecule has 0 aliphatic carbocycles. The molecule has 3 amide bonds. The lowest BCUT2D eigenvalue weighted by Gasteiger charge is -2.33. The van der Waals surface area contributed by atoms with E-state index in [1.807, 2.05) is 20.8 Å². The van der Waals surface area contributed by atoms with Crippen LogP contribution in [-0.4, -0.2) is 92.1 Å². The fourth-order valence-electron chi connectivity index (χ4n) is 3.73. The SMILES string of the molecule is CC(C)(C)OC(=O)N1CCC(OCCOCCOCCN2C(=O)c3ccccc3C2=O)CC1. The summed E-state index contributed by atoms with van der Waals surface area (Å²) in [6, 6.07) is 6.82. The Balaban J connectivity index is 1.18. The van der Waals surface area contributed by atoms with E-state index in [9.17, 15) is 14.4 Å². The molecule has 2 aliphatic heterocycles. The molecule has 33 heavy (non-hydrogen) atoms. The predicted octanol–water partition coefficient (Wildman–Crippen LogP) is 2.73. The van der Waals surface area contributed by atoms with E-state index in [0.29, 0.717) is 50.6 Å². The molecule has 1 fully saturated rings. The zero-order valence-electron chi connectivity index (χ0n) is 19.7. The van der Waals surface area contributed by atoms with E-state index < -0.39 is 5.60 Å². The van der Waals surface area contributed by atoms with Crippen LogP contribution in [0.1, 0.15) is 54.3 Å². The first-order valence-electron chi connectivity index (χ1n) is 11.5. The van der Waals surface area contributed by atoms with Gasteiger partial charge in [0, 0.05) is 13.1 Å². The normalized spacial score (nSPS) is 16.9. The summed E-state index contributed by atoms with van der Waals surface area (Å²) in [5.41, 5.74) is 0.406. The van der Waals surface area contributed by atoms with E-state index in [0.717, 1.165) is 12.8 Å². The second kappa shape index (κ2) is 11.6. The highest BCUT2D eigenvalue weighted by atomic mass is 16.6. The van der Waals surface area contributed by atoms with Crippen LogP contribution >= 0.6 is 0 Å². The van der Waals surface area contributed by atoms with Gasteiger partial charge in [0.25, 0.3) is 11.8 Å². The van der Waals surface area contributed by atoms with Crippen molar-refractivity contribution in [2.45, 2.75) is 45.3 Å². The second-order valence-electron chi connectivity index (χ2n) is 9.07. The summed E-state index contributed by atoms with van der Waals surface area (Å²) in [6.45, 7) is 9.03. The Morgan fingerprint density at radius 3 is 2.03 bits per heavy atom. The van der Waals surface area contributed by atoms with E-state index in [1.54, 1.807) is 29.2 Å². The average Bonchev–Trinajstić information content (AvgIpc) is 3.02. The first kappa shape index (κ1) is 25.1. The van der Waals surface area contributed by atoms with Crippen LogP contribution in [0, 0.1) is 0 Å². The van der Waals surface area contributed by atoms with Gasteiger partial charge in [-0.25, -0.2) is 4.79 Å². The molecule has 9 heteroatoms. The number of hydrogen-bond acceptors (Lipinski definition) is 7. The van der Waals surface area contributed by atoms with E-state index >= 15 is 0 Å². The molecule has 0 atom stereocenters. The lowest BCUT2D eigenvalue weighted by molar-refractivity contribution is -0.0359. The minimum atomic E-state index is -0.486. The van der Waals surface area contributed by atoms with Crippen molar-refractivity contribution in [1.82, 2.24) is 9.80 Å². The van der Waals surface area contributed by atoms with E-state index in [1.165, 1.54) is 4.90 Å². The summed E-state index contributed by atoms with van der Waals surface area (Å²) < 4.78 is 22.3. The molecular weight excluding hydrogens is 428 g/mol. The van der Waals surface area contributed by atoms with Crippen LogP contribution in [0.3, 0.4) is 0 Å². The van der Waals surface area contributed by atoms with Gasteiger partial charge in [0.05, 0.1) is 56.8 Å². The number of carbonyl (C=O) groups excluding carboxylic acids is 3. The summed E-state index contributed by atoms with van der Waals surface area (Å²) >= 11 is 0. The number of imide groups is 1. The number of fused-ring (bicyclic) bond motifs is 1. The van der Waals surface area contributed by atoms with Crippen molar-refractivity contribution in [2.24, 2.45) is 0 Å². The summed E-state index contributed by atoms with van der Waals surface area (Å²) in [6.07, 6.45) is 1.40. The Labute approximate surface area is 194 Å². The smallest absolute Gasteiger partial charge is 0.410 e. The number of ether oxygens (including phenoxy) is 4. The molecule has 182 valence electrons. The minimum Gasteiger partial charge on any atom is -0.444 e. The Hall–Kier alpha value is -2.49. The maximum Gasteiger partial charge on any atom is 0.410 e. The Morgan fingerprint density at radius 1 is 0.909 bits per heavy atom. The number of carbonyl (C=O) groups is 3. The van der Waals surface area contributed by atoms with Gasteiger partial charge in [0.1, 0.15) is 5.60 Å². The van der Waals surface area contributed by atoms with Crippen molar-refractivity contribution in [3.63, 3.8) is 0 Å². The molecule has 9 nitrogen and oxygen atoms in total. The quantitative estimate of drug-likeness (QED) is 0.390. The van der Waals surface area contributed by atoms with E-state index in [2.05, 4.69) is 0 Å². The highest BCUT2D eigenvalue weighted by Gasteiger charge is 2.34. The standard InChI is InChI=1S/C24H34N2O7/c1-24(2,3)33-23(29)25-10-8-18(9-11-25)32-17-16-31-15-14-30-13-12-26-21(27)19-6-4-5-7-20(19)22(26)28/h4-7,18H,8-17H2,1-3H3. The van der Waals surface area contributed by atoms with Gasteiger partial charge in [-0.2, -0.15) is 0 Å². The molecule has 0 radical (unpaired) electrons. The highest BCUT2D eigenvalue weighted by molar-refractivity contribution is 6.21. The topological polar surface area (TPSA) is 94.6 Å². The monoisotopic (exact) mass is 462 g/mol. The Morgan fingerprint density at radius 2 is 1.45 bits per heavy atom. The third kappa shape index (κ3) is 7.25. The van der Waals surface area contributed by atoms with Gasteiger partial charge in [-0.05, 0) is 45.7 Å². The number of hydrogen-bond donors (Lipinski definition) is 0. The fraction of sp³-hybridized carbons (Fsp3) is 0.625. The van der Waals surface area contributed by atoms with Gasteiger partial charge in [-0.15, -0.1) is 0 Å². The highest BCUT2D eigenvalue weighted by Crippen LogP contribution is 2.22. The Kier molecular flexibility index (Phi) is 8.82. The van der Waals surface area contributed by atoms with Gasteiger partial charge >= 0.3 is 6.09 Å². The van der Waals surface area contributed by atoms with E-state index in [4.69, 9.17) is 18.9 Å². The first-order valence-corrected chi connectivity index (χ1v) is 11.5. The lowest BCUT2D eigenvalue weighted by Crippen LogP contribution is -2.43. The molecule has 0 unspecified atom stereocenters. The number of piperidine rings is 1. The molecular formula is C24H34N2O7. The molecule has 0 N–H and O–H groups in total. The van der Waals surface area contributed by atoms with Crippen molar-refractivity contribution in [1.29, 1.82) is 0 Å². The first-order chi connectivity index (χ1) is 15.8. The van der Waals surface area contributed by atoms with Crippen molar-refractivity contribution < 1.29 is 33.3 Å². The molecule has 2 aliphatic rings. The fourth-order valence-corrected chi connectivity index (χ4v) is 3.73.